The van der Waals surface area contributed by atoms with Gasteiger partial charge in [-0.25, -0.2) is 4.79 Å². The Morgan fingerprint density at radius 1 is 1.32 bits per heavy atom. The number of hydrogen-bond acceptors (Lipinski definition) is 3. The van der Waals surface area contributed by atoms with Gasteiger partial charge in [-0.15, -0.1) is 0 Å². The van der Waals surface area contributed by atoms with Crippen molar-refractivity contribution in [1.82, 2.24) is 15.5 Å². The van der Waals surface area contributed by atoms with Crippen molar-refractivity contribution in [2.45, 2.75) is 58.1 Å². The van der Waals surface area contributed by atoms with Crippen LogP contribution in [0.25, 0.3) is 0 Å². The van der Waals surface area contributed by atoms with Gasteiger partial charge in [0.1, 0.15) is 0 Å². The fraction of sp³-hybridized carbons (Fsp3) is 0.929. The molecule has 1 aliphatic heterocycles. The molecular weight excluding hydrogens is 242 g/mol. The van der Waals surface area contributed by atoms with Crippen LogP contribution >= 0.6 is 0 Å². The minimum Gasteiger partial charge on any atom is -0.391 e. The number of rotatable bonds is 7. The third-order valence-electron chi connectivity index (χ3n) is 3.58. The Kier molecular flexibility index (Phi) is 7.82. The molecule has 1 fully saturated rings. The number of carbonyl (C=O) groups excluding carboxylic acids is 1. The van der Waals surface area contributed by atoms with Gasteiger partial charge >= 0.3 is 6.03 Å². The highest BCUT2D eigenvalue weighted by molar-refractivity contribution is 5.74. The highest BCUT2D eigenvalue weighted by Crippen LogP contribution is 2.10. The average Bonchev–Trinajstić information content (AvgIpc) is 2.39. The van der Waals surface area contributed by atoms with E-state index in [1.54, 1.807) is 0 Å². The maximum absolute atomic E-state index is 11.7. The van der Waals surface area contributed by atoms with Crippen molar-refractivity contribution in [2.75, 3.05) is 26.2 Å². The Morgan fingerprint density at radius 3 is 2.58 bits per heavy atom. The lowest BCUT2D eigenvalue weighted by Crippen LogP contribution is -2.49. The predicted octanol–water partition coefficient (Wildman–Crippen LogP) is 1.32. The van der Waals surface area contributed by atoms with Crippen LogP contribution in [0.1, 0.15) is 46.0 Å². The van der Waals surface area contributed by atoms with Gasteiger partial charge in [-0.1, -0.05) is 20.3 Å². The first-order valence-electron chi connectivity index (χ1n) is 7.60. The number of nitrogens with one attached hydrogen (secondary N) is 2. The van der Waals surface area contributed by atoms with Gasteiger partial charge in [-0.3, -0.25) is 0 Å². The van der Waals surface area contributed by atoms with E-state index in [4.69, 9.17) is 0 Å². The molecule has 5 nitrogen and oxygen atoms in total. The maximum Gasteiger partial charge on any atom is 0.315 e. The van der Waals surface area contributed by atoms with Crippen molar-refractivity contribution in [3.8, 4) is 0 Å². The molecule has 19 heavy (non-hydrogen) atoms. The fourth-order valence-corrected chi connectivity index (χ4v) is 2.50. The van der Waals surface area contributed by atoms with Crippen LogP contribution in [-0.4, -0.2) is 54.4 Å². The lowest BCUT2D eigenvalue weighted by atomic mass is 10.1. The van der Waals surface area contributed by atoms with E-state index in [0.717, 1.165) is 45.3 Å². The number of amides is 2. The molecule has 1 aliphatic rings. The molecule has 5 heteroatoms. The van der Waals surface area contributed by atoms with Gasteiger partial charge in [0.2, 0.25) is 0 Å². The lowest BCUT2D eigenvalue weighted by molar-refractivity contribution is 0.157. The molecule has 0 spiro atoms. The number of piperidine rings is 1. The molecule has 0 aliphatic carbocycles. The largest absolute Gasteiger partial charge is 0.391 e. The summed E-state index contributed by atoms with van der Waals surface area (Å²) >= 11 is 0. The summed E-state index contributed by atoms with van der Waals surface area (Å²) in [5.41, 5.74) is 0. The van der Waals surface area contributed by atoms with Crippen LogP contribution < -0.4 is 10.6 Å². The third-order valence-corrected chi connectivity index (χ3v) is 3.58. The zero-order valence-electron chi connectivity index (χ0n) is 12.3. The van der Waals surface area contributed by atoms with Gasteiger partial charge in [-0.05, 0) is 32.2 Å². The van der Waals surface area contributed by atoms with Crippen LogP contribution in [0, 0.1) is 0 Å². The van der Waals surface area contributed by atoms with E-state index in [-0.39, 0.29) is 12.1 Å². The molecule has 0 aromatic rings. The second kappa shape index (κ2) is 9.15. The number of urea groups is 1. The van der Waals surface area contributed by atoms with E-state index < -0.39 is 6.10 Å². The minimum absolute atomic E-state index is 0.149. The molecule has 1 saturated heterocycles. The van der Waals surface area contributed by atoms with Crippen molar-refractivity contribution in [3.05, 3.63) is 0 Å². The van der Waals surface area contributed by atoms with Crippen LogP contribution in [0.5, 0.6) is 0 Å². The topological polar surface area (TPSA) is 64.6 Å². The van der Waals surface area contributed by atoms with Crippen LogP contribution in [0.15, 0.2) is 0 Å². The van der Waals surface area contributed by atoms with Crippen molar-refractivity contribution in [3.63, 3.8) is 0 Å². The van der Waals surface area contributed by atoms with E-state index in [1.807, 2.05) is 6.92 Å². The van der Waals surface area contributed by atoms with Crippen molar-refractivity contribution in [1.29, 1.82) is 0 Å². The van der Waals surface area contributed by atoms with Crippen LogP contribution in [0.2, 0.25) is 0 Å². The van der Waals surface area contributed by atoms with E-state index in [1.165, 1.54) is 6.42 Å². The number of nitrogens with zero attached hydrogens (tertiary/aromatic N) is 1. The minimum atomic E-state index is -0.429. The molecule has 112 valence electrons. The molecule has 0 saturated carbocycles. The van der Waals surface area contributed by atoms with E-state index >= 15 is 0 Å². The number of hydrogen-bond donors (Lipinski definition) is 3. The summed E-state index contributed by atoms with van der Waals surface area (Å²) in [4.78, 5) is 14.1. The monoisotopic (exact) mass is 271 g/mol. The molecule has 2 amide bonds. The second-order valence-electron chi connectivity index (χ2n) is 5.41. The zero-order valence-corrected chi connectivity index (χ0v) is 12.3. The number of carbonyl (C=O) groups is 1. The molecule has 0 aromatic heterocycles. The van der Waals surface area contributed by atoms with Gasteiger partial charge in [0.05, 0.1) is 6.10 Å². The average molecular weight is 271 g/mol. The van der Waals surface area contributed by atoms with Gasteiger partial charge in [-0.2, -0.15) is 0 Å². The van der Waals surface area contributed by atoms with Gasteiger partial charge < -0.3 is 20.6 Å². The Labute approximate surface area is 116 Å². The molecular formula is C14H29N3O2. The standard InChI is InChI=1S/C14H29N3O2/c1-3-5-13(18)11-15-14(19)16-12-6-9-17(8-4-2)10-7-12/h12-13,18H,3-11H2,1-2H3,(H2,15,16,19). The Balaban J connectivity index is 2.13. The molecule has 0 radical (unpaired) electrons. The SMILES string of the molecule is CCCC(O)CNC(=O)NC1CCN(CCC)CC1. The fourth-order valence-electron chi connectivity index (χ4n) is 2.50. The van der Waals surface area contributed by atoms with Crippen LogP contribution in [0.3, 0.4) is 0 Å². The Morgan fingerprint density at radius 2 is 2.00 bits per heavy atom. The summed E-state index contributed by atoms with van der Waals surface area (Å²) in [7, 11) is 0. The Bertz CT molecular complexity index is 253. The van der Waals surface area contributed by atoms with Gasteiger partial charge in [0, 0.05) is 25.7 Å². The predicted molar refractivity (Wildman–Crippen MR) is 77.2 cm³/mol. The quantitative estimate of drug-likeness (QED) is 0.654. The molecule has 1 rings (SSSR count). The number of aliphatic hydroxyl groups is 1. The molecule has 1 unspecified atom stereocenters. The van der Waals surface area contributed by atoms with E-state index in [0.29, 0.717) is 6.54 Å². The Hall–Kier alpha value is -0.810. The molecule has 3 N–H and O–H groups in total. The van der Waals surface area contributed by atoms with Crippen LogP contribution in [-0.2, 0) is 0 Å². The first-order chi connectivity index (χ1) is 9.15. The molecule has 0 aromatic carbocycles. The molecule has 0 bridgehead atoms. The molecule has 1 heterocycles. The summed E-state index contributed by atoms with van der Waals surface area (Å²) in [6, 6.07) is 0.125. The third kappa shape index (κ3) is 6.78. The van der Waals surface area contributed by atoms with Crippen molar-refractivity contribution in [2.24, 2.45) is 0 Å². The summed E-state index contributed by atoms with van der Waals surface area (Å²) in [5.74, 6) is 0. The van der Waals surface area contributed by atoms with E-state index in [9.17, 15) is 9.90 Å². The second-order valence-corrected chi connectivity index (χ2v) is 5.41. The smallest absolute Gasteiger partial charge is 0.315 e. The van der Waals surface area contributed by atoms with Gasteiger partial charge in [0.15, 0.2) is 0 Å². The highest BCUT2D eigenvalue weighted by Gasteiger charge is 2.20. The maximum atomic E-state index is 11.7. The summed E-state index contributed by atoms with van der Waals surface area (Å²) in [5, 5.41) is 15.3. The zero-order chi connectivity index (χ0) is 14.1. The number of likely N-dealkylation sites (tertiary alicyclic amines) is 1. The van der Waals surface area contributed by atoms with E-state index in [2.05, 4.69) is 22.5 Å². The summed E-state index contributed by atoms with van der Waals surface area (Å²) in [6.45, 7) is 7.84. The normalized spacial score (nSPS) is 19.1. The molecule has 1 atom stereocenters. The first-order valence-corrected chi connectivity index (χ1v) is 7.60. The first kappa shape index (κ1) is 16.2. The van der Waals surface area contributed by atoms with Crippen molar-refractivity contribution >= 4 is 6.03 Å². The summed E-state index contributed by atoms with van der Waals surface area (Å²) in [6.07, 6.45) is 4.46. The number of aliphatic hydroxyl groups excluding tert-OH is 1. The van der Waals surface area contributed by atoms with Gasteiger partial charge in [0.25, 0.3) is 0 Å². The van der Waals surface area contributed by atoms with Crippen LogP contribution in [0.4, 0.5) is 4.79 Å². The highest BCUT2D eigenvalue weighted by atomic mass is 16.3. The lowest BCUT2D eigenvalue weighted by Gasteiger charge is -2.32. The van der Waals surface area contributed by atoms with Crippen molar-refractivity contribution < 1.29 is 9.90 Å². The summed E-state index contributed by atoms with van der Waals surface area (Å²) < 4.78 is 0.